The normalized spacial score (nSPS) is 15.2. The van der Waals surface area contributed by atoms with Gasteiger partial charge in [0, 0.05) is 35.6 Å². The second-order valence-corrected chi connectivity index (χ2v) is 8.77. The Bertz CT molecular complexity index is 1130. The average molecular weight is 391 g/mol. The van der Waals surface area contributed by atoms with Crippen molar-refractivity contribution < 1.29 is 12.8 Å². The lowest BCUT2D eigenvalue weighted by atomic mass is 10.0. The van der Waals surface area contributed by atoms with E-state index < -0.39 is 15.8 Å². The molecule has 1 aromatic heterocycles. The molecule has 0 atom stereocenters. The number of hydrogen-bond donors (Lipinski definition) is 0. The lowest BCUT2D eigenvalue weighted by Crippen LogP contribution is -2.36. The van der Waals surface area contributed by atoms with Crippen LogP contribution in [0.4, 0.5) is 4.39 Å². The van der Waals surface area contributed by atoms with Crippen LogP contribution in [-0.4, -0.2) is 24.3 Å². The maximum absolute atomic E-state index is 13.6. The van der Waals surface area contributed by atoms with Crippen molar-refractivity contribution in [1.29, 1.82) is 0 Å². The summed E-state index contributed by atoms with van der Waals surface area (Å²) in [7, 11) is -3.78. The molecule has 0 unspecified atom stereocenters. The standard InChI is InChI=1S/C19H16ClFN2O2S/c1-12-2-4-16(21)10-19(12)26(24,25)23-7-6-18-14(11-23)8-13-9-15(20)3-5-17(13)22-18/h2-5,8-10H,6-7,11H2,1H3. The first-order valence-electron chi connectivity index (χ1n) is 8.19. The Morgan fingerprint density at radius 3 is 2.77 bits per heavy atom. The minimum Gasteiger partial charge on any atom is -0.252 e. The van der Waals surface area contributed by atoms with E-state index in [9.17, 15) is 12.8 Å². The molecular weight excluding hydrogens is 375 g/mol. The zero-order valence-corrected chi connectivity index (χ0v) is 15.6. The second kappa shape index (κ2) is 6.30. The van der Waals surface area contributed by atoms with Gasteiger partial charge in [-0.05, 0) is 54.4 Å². The fourth-order valence-corrected chi connectivity index (χ4v) is 5.12. The molecule has 134 valence electrons. The molecule has 0 spiro atoms. The molecule has 2 heterocycles. The van der Waals surface area contributed by atoms with E-state index in [1.807, 2.05) is 18.2 Å². The van der Waals surface area contributed by atoms with Crippen LogP contribution in [-0.2, 0) is 23.0 Å². The first kappa shape index (κ1) is 17.4. The fraction of sp³-hybridized carbons (Fsp3) is 0.211. The van der Waals surface area contributed by atoms with E-state index >= 15 is 0 Å². The molecule has 0 saturated carbocycles. The molecule has 26 heavy (non-hydrogen) atoms. The van der Waals surface area contributed by atoms with Gasteiger partial charge in [-0.15, -0.1) is 0 Å². The van der Waals surface area contributed by atoms with Crippen molar-refractivity contribution in [2.75, 3.05) is 6.54 Å². The number of benzene rings is 2. The molecule has 0 bridgehead atoms. The predicted molar refractivity (Wildman–Crippen MR) is 99.2 cm³/mol. The smallest absolute Gasteiger partial charge is 0.243 e. The minimum absolute atomic E-state index is 0.0118. The summed E-state index contributed by atoms with van der Waals surface area (Å²) in [5.74, 6) is -0.561. The number of aryl methyl sites for hydroxylation is 1. The summed E-state index contributed by atoms with van der Waals surface area (Å²) in [5.41, 5.74) is 3.11. The largest absolute Gasteiger partial charge is 0.252 e. The highest BCUT2D eigenvalue weighted by atomic mass is 35.5. The monoisotopic (exact) mass is 390 g/mol. The van der Waals surface area contributed by atoms with Gasteiger partial charge in [0.1, 0.15) is 5.82 Å². The zero-order chi connectivity index (χ0) is 18.5. The molecule has 7 heteroatoms. The van der Waals surface area contributed by atoms with Crippen molar-refractivity contribution in [3.8, 4) is 0 Å². The van der Waals surface area contributed by atoms with Crippen LogP contribution in [0.25, 0.3) is 10.9 Å². The van der Waals surface area contributed by atoms with E-state index in [2.05, 4.69) is 4.98 Å². The third-order valence-corrected chi connectivity index (χ3v) is 6.88. The molecule has 3 aromatic rings. The molecule has 0 radical (unpaired) electrons. The van der Waals surface area contributed by atoms with Gasteiger partial charge in [0.05, 0.1) is 10.4 Å². The van der Waals surface area contributed by atoms with Crippen LogP contribution in [0.3, 0.4) is 0 Å². The molecule has 4 nitrogen and oxygen atoms in total. The zero-order valence-electron chi connectivity index (χ0n) is 14.0. The van der Waals surface area contributed by atoms with Gasteiger partial charge < -0.3 is 0 Å². The molecule has 0 N–H and O–H groups in total. The highest BCUT2D eigenvalue weighted by Gasteiger charge is 2.30. The van der Waals surface area contributed by atoms with Crippen LogP contribution in [0.2, 0.25) is 5.02 Å². The average Bonchev–Trinajstić information content (AvgIpc) is 2.61. The van der Waals surface area contributed by atoms with E-state index in [0.717, 1.165) is 28.2 Å². The molecule has 0 aliphatic carbocycles. The van der Waals surface area contributed by atoms with Gasteiger partial charge in [-0.1, -0.05) is 17.7 Å². The Kier molecular flexibility index (Phi) is 4.22. The second-order valence-electron chi connectivity index (χ2n) is 6.43. The molecule has 0 saturated heterocycles. The highest BCUT2D eigenvalue weighted by molar-refractivity contribution is 7.89. The summed E-state index contributed by atoms with van der Waals surface area (Å²) >= 11 is 6.05. The van der Waals surface area contributed by atoms with Crippen LogP contribution in [0.1, 0.15) is 16.8 Å². The number of rotatable bonds is 2. The third-order valence-electron chi connectivity index (χ3n) is 4.66. The molecule has 1 aliphatic heterocycles. The SMILES string of the molecule is Cc1ccc(F)cc1S(=O)(=O)N1CCc2nc3ccc(Cl)cc3cc2C1. The summed E-state index contributed by atoms with van der Waals surface area (Å²) in [6.45, 7) is 2.20. The van der Waals surface area contributed by atoms with Crippen LogP contribution < -0.4 is 0 Å². The molecular formula is C19H16ClFN2O2S. The highest BCUT2D eigenvalue weighted by Crippen LogP contribution is 2.29. The van der Waals surface area contributed by atoms with Gasteiger partial charge in [0.15, 0.2) is 0 Å². The quantitative estimate of drug-likeness (QED) is 0.662. The maximum Gasteiger partial charge on any atom is 0.243 e. The summed E-state index contributed by atoms with van der Waals surface area (Å²) in [6.07, 6.45) is 0.515. The lowest BCUT2D eigenvalue weighted by Gasteiger charge is -2.28. The molecule has 1 aliphatic rings. The van der Waals surface area contributed by atoms with Crippen molar-refractivity contribution in [1.82, 2.24) is 9.29 Å². The van der Waals surface area contributed by atoms with Crippen molar-refractivity contribution in [3.63, 3.8) is 0 Å². The number of nitrogens with zero attached hydrogens (tertiary/aromatic N) is 2. The molecule has 4 rings (SSSR count). The van der Waals surface area contributed by atoms with Crippen LogP contribution in [0.5, 0.6) is 0 Å². The number of aromatic nitrogens is 1. The van der Waals surface area contributed by atoms with E-state index in [0.29, 0.717) is 23.6 Å². The van der Waals surface area contributed by atoms with Crippen molar-refractivity contribution in [3.05, 3.63) is 70.1 Å². The number of sulfonamides is 1. The minimum atomic E-state index is -3.78. The van der Waals surface area contributed by atoms with E-state index in [1.165, 1.54) is 16.4 Å². The topological polar surface area (TPSA) is 50.3 Å². The Hall–Kier alpha value is -2.02. The van der Waals surface area contributed by atoms with Gasteiger partial charge in [-0.3, -0.25) is 4.98 Å². The predicted octanol–water partition coefficient (Wildman–Crippen LogP) is 4.08. The Morgan fingerprint density at radius 2 is 1.96 bits per heavy atom. The van der Waals surface area contributed by atoms with Crippen LogP contribution in [0, 0.1) is 12.7 Å². The van der Waals surface area contributed by atoms with Crippen molar-refractivity contribution in [2.24, 2.45) is 0 Å². The molecule has 0 amide bonds. The van der Waals surface area contributed by atoms with Crippen molar-refractivity contribution >= 4 is 32.5 Å². The van der Waals surface area contributed by atoms with Gasteiger partial charge in [-0.25, -0.2) is 12.8 Å². The van der Waals surface area contributed by atoms with Crippen LogP contribution in [0.15, 0.2) is 47.4 Å². The lowest BCUT2D eigenvalue weighted by molar-refractivity contribution is 0.388. The summed E-state index contributed by atoms with van der Waals surface area (Å²) < 4.78 is 41.0. The third kappa shape index (κ3) is 2.98. The van der Waals surface area contributed by atoms with Gasteiger partial charge >= 0.3 is 0 Å². The van der Waals surface area contributed by atoms with Crippen molar-refractivity contribution in [2.45, 2.75) is 24.8 Å². The Labute approximate surface area is 156 Å². The Balaban J connectivity index is 1.74. The maximum atomic E-state index is 13.6. The first-order valence-corrected chi connectivity index (χ1v) is 10.0. The van der Waals surface area contributed by atoms with E-state index in [-0.39, 0.29) is 11.4 Å². The Morgan fingerprint density at radius 1 is 1.15 bits per heavy atom. The van der Waals surface area contributed by atoms with E-state index in [1.54, 1.807) is 13.0 Å². The van der Waals surface area contributed by atoms with Gasteiger partial charge in [-0.2, -0.15) is 4.31 Å². The van der Waals surface area contributed by atoms with E-state index in [4.69, 9.17) is 11.6 Å². The summed E-state index contributed by atoms with van der Waals surface area (Å²) in [5, 5.41) is 1.48. The molecule has 0 fully saturated rings. The number of pyridine rings is 1. The van der Waals surface area contributed by atoms with Gasteiger partial charge in [0.25, 0.3) is 0 Å². The van der Waals surface area contributed by atoms with Crippen LogP contribution >= 0.6 is 11.6 Å². The number of halogens is 2. The first-order chi connectivity index (χ1) is 12.3. The summed E-state index contributed by atoms with van der Waals surface area (Å²) in [4.78, 5) is 4.65. The number of fused-ring (bicyclic) bond motifs is 2. The van der Waals surface area contributed by atoms with Gasteiger partial charge in [0.2, 0.25) is 10.0 Å². The fourth-order valence-electron chi connectivity index (χ4n) is 3.28. The summed E-state index contributed by atoms with van der Waals surface area (Å²) in [6, 6.07) is 11.2. The molecule has 2 aromatic carbocycles. The number of hydrogen-bond acceptors (Lipinski definition) is 3.